The van der Waals surface area contributed by atoms with Gasteiger partial charge in [-0.25, -0.2) is 9.18 Å². The van der Waals surface area contributed by atoms with Crippen LogP contribution in [0.2, 0.25) is 0 Å². The smallest absolute Gasteiger partial charge is 0.346 e. The molecule has 0 unspecified atom stereocenters. The summed E-state index contributed by atoms with van der Waals surface area (Å²) in [5.74, 6) is 0.154. The van der Waals surface area contributed by atoms with Crippen LogP contribution in [0.15, 0.2) is 27.4 Å². The summed E-state index contributed by atoms with van der Waals surface area (Å²) < 4.78 is 25.6. The number of halogens is 1. The molecule has 0 aliphatic heterocycles. The van der Waals surface area contributed by atoms with E-state index in [0.717, 1.165) is 32.1 Å². The predicted molar refractivity (Wildman–Crippen MR) is 109 cm³/mol. The van der Waals surface area contributed by atoms with Crippen LogP contribution < -0.4 is 10.4 Å². The Morgan fingerprint density at radius 1 is 0.926 bits per heavy atom. The Morgan fingerprint density at radius 3 is 2.33 bits per heavy atom. The zero-order valence-electron chi connectivity index (χ0n) is 16.8. The molecule has 0 spiro atoms. The van der Waals surface area contributed by atoms with Crippen molar-refractivity contribution in [3.63, 3.8) is 0 Å². The average molecular weight is 377 g/mol. The Bertz CT molecular complexity index is 751. The molecule has 0 saturated carbocycles. The van der Waals surface area contributed by atoms with Crippen molar-refractivity contribution in [2.45, 2.75) is 84.5 Å². The van der Waals surface area contributed by atoms with Gasteiger partial charge >= 0.3 is 5.63 Å². The van der Waals surface area contributed by atoms with Gasteiger partial charge in [-0.1, -0.05) is 71.3 Å². The van der Waals surface area contributed by atoms with Gasteiger partial charge in [0.1, 0.15) is 11.1 Å². The molecule has 2 rings (SSSR count). The van der Waals surface area contributed by atoms with E-state index in [1.54, 1.807) is 18.2 Å². The number of aryl methyl sites for hydroxylation is 1. The lowest BCUT2D eigenvalue weighted by Crippen LogP contribution is -2.07. The molecule has 1 heterocycles. The number of unbranched alkanes of at least 4 members (excludes halogenated alkanes) is 8. The minimum absolute atomic E-state index is 0.00805. The minimum Gasteiger partial charge on any atom is -0.490 e. The van der Waals surface area contributed by atoms with Crippen LogP contribution in [0, 0.1) is 5.82 Å². The molecule has 0 bridgehead atoms. The maximum absolute atomic E-state index is 14.7. The molecule has 0 atom stereocenters. The number of rotatable bonds is 13. The first-order chi connectivity index (χ1) is 13.2. The monoisotopic (exact) mass is 376 g/mol. The Kier molecular flexibility index (Phi) is 9.37. The quantitative estimate of drug-likeness (QED) is 0.361. The topological polar surface area (TPSA) is 39.4 Å². The molecular formula is C23H33FO3. The van der Waals surface area contributed by atoms with Crippen LogP contribution in [0.4, 0.5) is 4.39 Å². The molecule has 0 amide bonds. The summed E-state index contributed by atoms with van der Waals surface area (Å²) in [7, 11) is 0. The molecular weight excluding hydrogens is 343 g/mol. The molecule has 2 aromatic rings. The molecule has 4 heteroatoms. The molecule has 0 N–H and O–H groups in total. The highest BCUT2D eigenvalue weighted by atomic mass is 19.1. The Hall–Kier alpha value is -1.84. The van der Waals surface area contributed by atoms with Crippen molar-refractivity contribution in [3.8, 4) is 5.75 Å². The Labute approximate surface area is 161 Å². The maximum Gasteiger partial charge on any atom is 0.346 e. The fourth-order valence-corrected chi connectivity index (χ4v) is 3.30. The SMILES string of the molecule is CCCCCCCCCOc1ccc2cc(CCCCC)oc(=O)c2c1F. The first-order valence-electron chi connectivity index (χ1n) is 10.5. The molecule has 0 aliphatic carbocycles. The van der Waals surface area contributed by atoms with Crippen molar-refractivity contribution in [1.29, 1.82) is 0 Å². The van der Waals surface area contributed by atoms with Crippen LogP contribution in [-0.4, -0.2) is 6.61 Å². The molecule has 0 saturated heterocycles. The van der Waals surface area contributed by atoms with Gasteiger partial charge in [-0.2, -0.15) is 0 Å². The van der Waals surface area contributed by atoms with Crippen LogP contribution in [0.5, 0.6) is 5.75 Å². The molecule has 0 fully saturated rings. The molecule has 1 aromatic carbocycles. The fourth-order valence-electron chi connectivity index (χ4n) is 3.30. The van der Waals surface area contributed by atoms with E-state index in [-0.39, 0.29) is 11.1 Å². The van der Waals surface area contributed by atoms with Gasteiger partial charge in [-0.3, -0.25) is 0 Å². The number of ether oxygens (including phenoxy) is 1. The van der Waals surface area contributed by atoms with Crippen molar-refractivity contribution < 1.29 is 13.5 Å². The van der Waals surface area contributed by atoms with Crippen molar-refractivity contribution >= 4 is 10.8 Å². The molecule has 3 nitrogen and oxygen atoms in total. The minimum atomic E-state index is -0.613. The van der Waals surface area contributed by atoms with Crippen molar-refractivity contribution in [2.24, 2.45) is 0 Å². The number of hydrogen-bond donors (Lipinski definition) is 0. The van der Waals surface area contributed by atoms with Gasteiger partial charge in [0, 0.05) is 6.42 Å². The summed E-state index contributed by atoms with van der Waals surface area (Å²) in [4.78, 5) is 12.2. The zero-order chi connectivity index (χ0) is 19.5. The van der Waals surface area contributed by atoms with E-state index in [1.807, 2.05) is 0 Å². The summed E-state index contributed by atoms with van der Waals surface area (Å²) in [5.41, 5.74) is -0.613. The second-order valence-electron chi connectivity index (χ2n) is 7.27. The van der Waals surface area contributed by atoms with E-state index >= 15 is 0 Å². The summed E-state index contributed by atoms with van der Waals surface area (Å²) in [6, 6.07) is 5.14. The third-order valence-electron chi connectivity index (χ3n) is 4.92. The number of benzene rings is 1. The Morgan fingerprint density at radius 2 is 1.59 bits per heavy atom. The second-order valence-corrected chi connectivity index (χ2v) is 7.27. The highest BCUT2D eigenvalue weighted by Crippen LogP contribution is 2.25. The highest BCUT2D eigenvalue weighted by molar-refractivity contribution is 5.83. The summed E-state index contributed by atoms with van der Waals surface area (Å²) in [6.45, 7) is 4.80. The van der Waals surface area contributed by atoms with Crippen molar-refractivity contribution in [3.05, 3.63) is 40.2 Å². The highest BCUT2D eigenvalue weighted by Gasteiger charge is 2.14. The van der Waals surface area contributed by atoms with Gasteiger partial charge < -0.3 is 9.15 Å². The van der Waals surface area contributed by atoms with Gasteiger partial charge in [0.25, 0.3) is 0 Å². The first-order valence-corrected chi connectivity index (χ1v) is 10.5. The fraction of sp³-hybridized carbons (Fsp3) is 0.609. The van der Waals surface area contributed by atoms with E-state index in [1.165, 1.54) is 32.1 Å². The summed E-state index contributed by atoms with van der Waals surface area (Å²) in [5, 5.41) is 0.574. The third kappa shape index (κ3) is 6.67. The normalized spacial score (nSPS) is 11.2. The Balaban J connectivity index is 1.93. The van der Waals surface area contributed by atoms with E-state index in [9.17, 15) is 9.18 Å². The van der Waals surface area contributed by atoms with Gasteiger partial charge in [0.2, 0.25) is 0 Å². The largest absolute Gasteiger partial charge is 0.490 e. The van der Waals surface area contributed by atoms with Crippen LogP contribution >= 0.6 is 0 Å². The van der Waals surface area contributed by atoms with Crippen LogP contribution in [-0.2, 0) is 6.42 Å². The molecule has 0 aliphatic rings. The summed E-state index contributed by atoms with van der Waals surface area (Å²) in [6.07, 6.45) is 12.1. The van der Waals surface area contributed by atoms with E-state index in [0.29, 0.717) is 24.2 Å². The molecule has 150 valence electrons. The maximum atomic E-state index is 14.7. The lowest BCUT2D eigenvalue weighted by molar-refractivity contribution is 0.291. The molecule has 0 radical (unpaired) electrons. The molecule has 1 aromatic heterocycles. The van der Waals surface area contributed by atoms with Crippen LogP contribution in [0.1, 0.15) is 83.8 Å². The number of hydrogen-bond acceptors (Lipinski definition) is 3. The van der Waals surface area contributed by atoms with Crippen molar-refractivity contribution in [1.82, 2.24) is 0 Å². The van der Waals surface area contributed by atoms with E-state index in [2.05, 4.69) is 13.8 Å². The average Bonchev–Trinajstić information content (AvgIpc) is 2.65. The third-order valence-corrected chi connectivity index (χ3v) is 4.92. The lowest BCUT2D eigenvalue weighted by atomic mass is 10.1. The van der Waals surface area contributed by atoms with Gasteiger partial charge in [-0.05, 0) is 30.4 Å². The lowest BCUT2D eigenvalue weighted by Gasteiger charge is -2.09. The number of fused-ring (bicyclic) bond motifs is 1. The summed E-state index contributed by atoms with van der Waals surface area (Å²) >= 11 is 0. The van der Waals surface area contributed by atoms with Crippen LogP contribution in [0.25, 0.3) is 10.8 Å². The van der Waals surface area contributed by atoms with Gasteiger partial charge in [0.15, 0.2) is 11.6 Å². The van der Waals surface area contributed by atoms with E-state index in [4.69, 9.17) is 9.15 Å². The standard InChI is InChI=1S/C23H33FO3/c1-3-5-7-8-9-10-12-16-26-20-15-14-18-17-19(13-11-6-4-2)27-23(25)21(18)22(20)24/h14-15,17H,3-13,16H2,1-2H3. The van der Waals surface area contributed by atoms with Crippen LogP contribution in [0.3, 0.4) is 0 Å². The van der Waals surface area contributed by atoms with Gasteiger partial charge in [0.05, 0.1) is 6.61 Å². The second kappa shape index (κ2) is 11.8. The predicted octanol–water partition coefficient (Wildman–Crippen LogP) is 6.79. The molecule has 27 heavy (non-hydrogen) atoms. The first kappa shape index (κ1) is 21.5. The van der Waals surface area contributed by atoms with Crippen molar-refractivity contribution in [2.75, 3.05) is 6.61 Å². The van der Waals surface area contributed by atoms with E-state index < -0.39 is 11.4 Å². The van der Waals surface area contributed by atoms with Gasteiger partial charge in [-0.15, -0.1) is 0 Å². The zero-order valence-corrected chi connectivity index (χ0v) is 16.8.